The van der Waals surface area contributed by atoms with E-state index < -0.39 is 11.6 Å². The molecule has 6 nitrogen and oxygen atoms in total. The van der Waals surface area contributed by atoms with Gasteiger partial charge in [0.25, 0.3) is 0 Å². The molecule has 2 fully saturated rings. The van der Waals surface area contributed by atoms with Gasteiger partial charge < -0.3 is 14.5 Å². The molecular weight excluding hydrogens is 388 g/mol. The number of nitrogens with zero attached hydrogens (tertiary/aromatic N) is 2. The molecule has 0 atom stereocenters. The fraction of sp³-hybridized carbons (Fsp3) is 0.591. The molecule has 0 saturated carbocycles. The summed E-state index contributed by atoms with van der Waals surface area (Å²) in [5, 5.41) is 4.00. The molecule has 2 amide bonds. The second-order valence-corrected chi connectivity index (χ2v) is 9.82. The van der Waals surface area contributed by atoms with E-state index in [-0.39, 0.29) is 23.7 Å². The first-order chi connectivity index (χ1) is 13.7. The number of thiophene rings is 1. The van der Waals surface area contributed by atoms with Crippen LogP contribution in [0.4, 0.5) is 0 Å². The topological polar surface area (TPSA) is 66.9 Å². The Balaban J connectivity index is 1.47. The number of hydrogen-bond donors (Lipinski definition) is 0. The van der Waals surface area contributed by atoms with E-state index >= 15 is 0 Å². The van der Waals surface area contributed by atoms with Gasteiger partial charge in [-0.05, 0) is 73.9 Å². The Labute approximate surface area is 176 Å². The highest BCUT2D eigenvalue weighted by Gasteiger charge is 2.42. The van der Waals surface area contributed by atoms with Gasteiger partial charge in [-0.1, -0.05) is 0 Å². The highest BCUT2D eigenvalue weighted by atomic mass is 32.1. The van der Waals surface area contributed by atoms with Gasteiger partial charge in [-0.15, -0.1) is 0 Å². The molecule has 3 heterocycles. The van der Waals surface area contributed by atoms with Crippen molar-refractivity contribution in [3.8, 4) is 0 Å². The first-order valence-corrected chi connectivity index (χ1v) is 11.1. The lowest BCUT2D eigenvalue weighted by atomic mass is 9.78. The van der Waals surface area contributed by atoms with Gasteiger partial charge in [0.2, 0.25) is 11.8 Å². The molecule has 1 aromatic heterocycles. The van der Waals surface area contributed by atoms with Gasteiger partial charge in [-0.2, -0.15) is 11.3 Å². The number of rotatable bonds is 4. The van der Waals surface area contributed by atoms with E-state index in [9.17, 15) is 14.4 Å². The van der Waals surface area contributed by atoms with Crippen molar-refractivity contribution in [2.75, 3.05) is 26.2 Å². The van der Waals surface area contributed by atoms with Crippen molar-refractivity contribution < 1.29 is 19.1 Å². The zero-order valence-electron chi connectivity index (χ0n) is 17.5. The second-order valence-electron chi connectivity index (χ2n) is 9.04. The first-order valence-electron chi connectivity index (χ1n) is 10.1. The van der Waals surface area contributed by atoms with Crippen LogP contribution >= 0.6 is 11.3 Å². The standard InChI is InChI=1S/C22H30N2O4S/c1-21(2,3)28-20(27)14-19(26)24-12-9-22(16-24)7-10-23(11-8-22)18(25)5-4-17-6-13-29-15-17/h4-6,13,15H,7-12,14,16H2,1-3H3/b5-4+. The van der Waals surface area contributed by atoms with E-state index in [1.807, 2.05) is 27.8 Å². The van der Waals surface area contributed by atoms with Crippen LogP contribution in [0.3, 0.4) is 0 Å². The van der Waals surface area contributed by atoms with Crippen LogP contribution in [0.5, 0.6) is 0 Å². The molecule has 0 N–H and O–H groups in total. The van der Waals surface area contributed by atoms with Gasteiger partial charge >= 0.3 is 5.97 Å². The summed E-state index contributed by atoms with van der Waals surface area (Å²) in [4.78, 5) is 40.5. The molecule has 0 radical (unpaired) electrons. The summed E-state index contributed by atoms with van der Waals surface area (Å²) in [6.45, 7) is 8.15. The molecule has 0 unspecified atom stereocenters. The Kier molecular flexibility index (Phi) is 6.46. The molecule has 3 rings (SSSR count). The molecule has 1 aromatic rings. The van der Waals surface area contributed by atoms with Crippen LogP contribution in [0, 0.1) is 5.41 Å². The van der Waals surface area contributed by atoms with Crippen LogP contribution in [0.25, 0.3) is 6.08 Å². The predicted molar refractivity (Wildman–Crippen MR) is 113 cm³/mol. The van der Waals surface area contributed by atoms with E-state index in [1.54, 1.807) is 43.1 Å². The number of ether oxygens (including phenoxy) is 1. The van der Waals surface area contributed by atoms with Crippen molar-refractivity contribution in [3.05, 3.63) is 28.5 Å². The van der Waals surface area contributed by atoms with E-state index in [1.165, 1.54) is 0 Å². The monoisotopic (exact) mass is 418 g/mol. The number of carbonyl (C=O) groups excluding carboxylic acids is 3. The van der Waals surface area contributed by atoms with E-state index in [0.717, 1.165) is 24.8 Å². The Hall–Kier alpha value is -2.15. The maximum absolute atomic E-state index is 12.5. The zero-order chi connectivity index (χ0) is 21.1. The first kappa shape index (κ1) is 21.6. The fourth-order valence-corrected chi connectivity index (χ4v) is 4.64. The predicted octanol–water partition coefficient (Wildman–Crippen LogP) is 3.33. The number of esters is 1. The molecule has 2 aliphatic rings. The van der Waals surface area contributed by atoms with Gasteiger partial charge in [0.1, 0.15) is 12.0 Å². The van der Waals surface area contributed by atoms with Crippen molar-refractivity contribution in [2.45, 2.75) is 52.1 Å². The molecule has 2 saturated heterocycles. The molecule has 29 heavy (non-hydrogen) atoms. The minimum Gasteiger partial charge on any atom is -0.460 e. The quantitative estimate of drug-likeness (QED) is 0.427. The average molecular weight is 419 g/mol. The molecular formula is C22H30N2O4S. The molecule has 7 heteroatoms. The molecule has 1 spiro atoms. The number of piperidine rings is 1. The average Bonchev–Trinajstić information content (AvgIpc) is 3.29. The third-order valence-corrected chi connectivity index (χ3v) is 6.31. The highest BCUT2D eigenvalue weighted by Crippen LogP contribution is 2.40. The van der Waals surface area contributed by atoms with Gasteiger partial charge in [-0.3, -0.25) is 14.4 Å². The Morgan fingerprint density at radius 2 is 1.79 bits per heavy atom. The highest BCUT2D eigenvalue weighted by molar-refractivity contribution is 7.08. The summed E-state index contributed by atoms with van der Waals surface area (Å²) >= 11 is 1.61. The summed E-state index contributed by atoms with van der Waals surface area (Å²) in [7, 11) is 0. The minimum absolute atomic E-state index is 0.0434. The molecule has 158 valence electrons. The Morgan fingerprint density at radius 3 is 2.38 bits per heavy atom. The number of amides is 2. The lowest BCUT2D eigenvalue weighted by molar-refractivity contribution is -0.158. The normalized spacial score (nSPS) is 19.1. The van der Waals surface area contributed by atoms with Crippen LogP contribution in [-0.2, 0) is 19.1 Å². The summed E-state index contributed by atoms with van der Waals surface area (Å²) < 4.78 is 5.26. The molecule has 2 aliphatic heterocycles. The van der Waals surface area contributed by atoms with Gasteiger partial charge in [0, 0.05) is 32.3 Å². The lowest BCUT2D eigenvalue weighted by Gasteiger charge is -2.39. The third-order valence-electron chi connectivity index (χ3n) is 5.60. The summed E-state index contributed by atoms with van der Waals surface area (Å²) in [6, 6.07) is 1.99. The summed E-state index contributed by atoms with van der Waals surface area (Å²) in [6.07, 6.45) is 6.01. The second kappa shape index (κ2) is 8.69. The van der Waals surface area contributed by atoms with E-state index in [4.69, 9.17) is 4.74 Å². The Bertz CT molecular complexity index is 771. The lowest BCUT2D eigenvalue weighted by Crippen LogP contribution is -2.44. The van der Waals surface area contributed by atoms with Gasteiger partial charge in [0.15, 0.2) is 0 Å². The molecule has 0 aliphatic carbocycles. The fourth-order valence-electron chi connectivity index (χ4n) is 4.01. The van der Waals surface area contributed by atoms with E-state index in [2.05, 4.69) is 0 Å². The van der Waals surface area contributed by atoms with Crippen LogP contribution in [0.1, 0.15) is 52.0 Å². The van der Waals surface area contributed by atoms with Crippen molar-refractivity contribution >= 4 is 35.2 Å². The molecule has 0 aromatic carbocycles. The maximum atomic E-state index is 12.5. The molecule has 0 bridgehead atoms. The SMILES string of the molecule is CC(C)(C)OC(=O)CC(=O)N1CCC2(CCN(C(=O)/C=C/c3ccsc3)CC2)C1. The van der Waals surface area contributed by atoms with Crippen LogP contribution in [0.15, 0.2) is 22.9 Å². The van der Waals surface area contributed by atoms with Crippen molar-refractivity contribution in [3.63, 3.8) is 0 Å². The van der Waals surface area contributed by atoms with Gasteiger partial charge in [0.05, 0.1) is 0 Å². The Morgan fingerprint density at radius 1 is 1.14 bits per heavy atom. The van der Waals surface area contributed by atoms with E-state index in [0.29, 0.717) is 26.2 Å². The van der Waals surface area contributed by atoms with Crippen molar-refractivity contribution in [1.82, 2.24) is 9.80 Å². The zero-order valence-corrected chi connectivity index (χ0v) is 18.3. The number of likely N-dealkylation sites (tertiary alicyclic amines) is 2. The van der Waals surface area contributed by atoms with Crippen LogP contribution < -0.4 is 0 Å². The minimum atomic E-state index is -0.583. The largest absolute Gasteiger partial charge is 0.460 e. The van der Waals surface area contributed by atoms with Gasteiger partial charge in [-0.25, -0.2) is 0 Å². The number of carbonyl (C=O) groups is 3. The van der Waals surface area contributed by atoms with Crippen molar-refractivity contribution in [1.29, 1.82) is 0 Å². The third kappa shape index (κ3) is 5.92. The maximum Gasteiger partial charge on any atom is 0.315 e. The summed E-state index contributed by atoms with van der Waals surface area (Å²) in [5.41, 5.74) is 0.532. The number of hydrogen-bond acceptors (Lipinski definition) is 5. The van der Waals surface area contributed by atoms with Crippen molar-refractivity contribution in [2.24, 2.45) is 5.41 Å². The van der Waals surface area contributed by atoms with Crippen LogP contribution in [-0.4, -0.2) is 59.4 Å². The smallest absolute Gasteiger partial charge is 0.315 e. The summed E-state index contributed by atoms with van der Waals surface area (Å²) in [5.74, 6) is -0.587. The van der Waals surface area contributed by atoms with Crippen LogP contribution in [0.2, 0.25) is 0 Å².